The number of nitrogens with zero attached hydrogens (tertiary/aromatic N) is 3. The number of aromatic nitrogens is 2. The maximum atomic E-state index is 12.5. The van der Waals surface area contributed by atoms with Gasteiger partial charge in [-0.25, -0.2) is 9.97 Å². The predicted octanol–water partition coefficient (Wildman–Crippen LogP) is 3.71. The molecule has 1 amide bonds. The molecule has 24 heavy (non-hydrogen) atoms. The van der Waals surface area contributed by atoms with Crippen molar-refractivity contribution in [2.75, 3.05) is 18.4 Å². The summed E-state index contributed by atoms with van der Waals surface area (Å²) in [4.78, 5) is 23.1. The average Bonchev–Trinajstić information content (AvgIpc) is 2.59. The molecule has 2 aromatic rings. The van der Waals surface area contributed by atoms with Gasteiger partial charge in [0.2, 0.25) is 5.95 Å². The fourth-order valence-electron chi connectivity index (χ4n) is 3.07. The smallest absolute Gasteiger partial charge is 0.257 e. The molecule has 0 spiro atoms. The first-order valence-electron chi connectivity index (χ1n) is 8.49. The molecule has 1 atom stereocenters. The van der Waals surface area contributed by atoms with Crippen LogP contribution in [0.4, 0.5) is 11.6 Å². The number of nitrogens with one attached hydrogen (secondary N) is 1. The molecule has 1 unspecified atom stereocenters. The van der Waals surface area contributed by atoms with Crippen LogP contribution in [0.1, 0.15) is 41.3 Å². The number of amides is 1. The molecule has 1 saturated heterocycles. The van der Waals surface area contributed by atoms with Gasteiger partial charge in [-0.15, -0.1) is 0 Å². The van der Waals surface area contributed by atoms with Crippen molar-refractivity contribution in [1.82, 2.24) is 14.9 Å². The van der Waals surface area contributed by atoms with E-state index >= 15 is 0 Å². The Morgan fingerprint density at radius 3 is 2.71 bits per heavy atom. The molecule has 1 aromatic heterocycles. The van der Waals surface area contributed by atoms with E-state index in [9.17, 15) is 4.79 Å². The van der Waals surface area contributed by atoms with Gasteiger partial charge in [0.1, 0.15) is 0 Å². The standard InChI is InChI=1S/C19H24N4O/c1-13-6-5-9-23(12-13)18(24)16-10-20-19(21-11-16)22-17-8-4-7-14(2)15(17)3/h4,7-8,10-11,13H,5-6,9,12H2,1-3H3,(H,20,21,22). The van der Waals surface area contributed by atoms with E-state index in [2.05, 4.69) is 42.1 Å². The molecule has 0 aliphatic carbocycles. The number of likely N-dealkylation sites (tertiary alicyclic amines) is 1. The van der Waals surface area contributed by atoms with Crippen LogP contribution in [0.25, 0.3) is 0 Å². The molecular formula is C19H24N4O. The highest BCUT2D eigenvalue weighted by Crippen LogP contribution is 2.21. The number of piperidine rings is 1. The fraction of sp³-hybridized carbons (Fsp3) is 0.421. The van der Waals surface area contributed by atoms with Gasteiger partial charge < -0.3 is 10.2 Å². The Morgan fingerprint density at radius 1 is 1.25 bits per heavy atom. The second-order valence-electron chi connectivity index (χ2n) is 6.67. The largest absolute Gasteiger partial charge is 0.338 e. The summed E-state index contributed by atoms with van der Waals surface area (Å²) in [7, 11) is 0. The Labute approximate surface area is 143 Å². The monoisotopic (exact) mass is 324 g/mol. The Kier molecular flexibility index (Phi) is 4.79. The van der Waals surface area contributed by atoms with Crippen LogP contribution in [-0.2, 0) is 0 Å². The predicted molar refractivity (Wildman–Crippen MR) is 95.5 cm³/mol. The molecule has 2 heterocycles. The Bertz CT molecular complexity index is 727. The van der Waals surface area contributed by atoms with E-state index in [0.717, 1.165) is 25.2 Å². The highest BCUT2D eigenvalue weighted by atomic mass is 16.2. The minimum Gasteiger partial charge on any atom is -0.338 e. The van der Waals surface area contributed by atoms with Gasteiger partial charge in [-0.3, -0.25) is 4.79 Å². The van der Waals surface area contributed by atoms with Crippen LogP contribution in [0.3, 0.4) is 0 Å². The van der Waals surface area contributed by atoms with E-state index in [1.807, 2.05) is 17.0 Å². The first kappa shape index (κ1) is 16.4. The molecule has 1 aliphatic heterocycles. The minimum atomic E-state index is 0.0276. The molecular weight excluding hydrogens is 300 g/mol. The fourth-order valence-corrected chi connectivity index (χ4v) is 3.07. The molecule has 1 aliphatic rings. The van der Waals surface area contributed by atoms with E-state index < -0.39 is 0 Å². The molecule has 1 fully saturated rings. The number of rotatable bonds is 3. The van der Waals surface area contributed by atoms with Crippen molar-refractivity contribution >= 4 is 17.5 Å². The first-order valence-corrected chi connectivity index (χ1v) is 8.49. The molecule has 5 heteroatoms. The zero-order chi connectivity index (χ0) is 17.1. The number of anilines is 2. The Morgan fingerprint density at radius 2 is 2.00 bits per heavy atom. The number of hydrogen-bond donors (Lipinski definition) is 1. The van der Waals surface area contributed by atoms with Crippen LogP contribution < -0.4 is 5.32 Å². The highest BCUT2D eigenvalue weighted by molar-refractivity contribution is 5.93. The maximum Gasteiger partial charge on any atom is 0.257 e. The van der Waals surface area contributed by atoms with Gasteiger partial charge in [0.25, 0.3) is 5.91 Å². The Balaban J connectivity index is 1.71. The van der Waals surface area contributed by atoms with Crippen LogP contribution >= 0.6 is 0 Å². The average molecular weight is 324 g/mol. The lowest BCUT2D eigenvalue weighted by atomic mass is 10.00. The third-order valence-corrected chi connectivity index (χ3v) is 4.69. The van der Waals surface area contributed by atoms with E-state index in [-0.39, 0.29) is 5.91 Å². The molecule has 0 bridgehead atoms. The lowest BCUT2D eigenvalue weighted by Crippen LogP contribution is -2.39. The molecule has 0 radical (unpaired) electrons. The van der Waals surface area contributed by atoms with Crippen molar-refractivity contribution in [1.29, 1.82) is 0 Å². The van der Waals surface area contributed by atoms with Gasteiger partial charge in [0.05, 0.1) is 5.56 Å². The van der Waals surface area contributed by atoms with Crippen molar-refractivity contribution in [3.63, 3.8) is 0 Å². The molecule has 5 nitrogen and oxygen atoms in total. The summed E-state index contributed by atoms with van der Waals surface area (Å²) < 4.78 is 0. The van der Waals surface area contributed by atoms with Crippen molar-refractivity contribution in [3.05, 3.63) is 47.3 Å². The van der Waals surface area contributed by atoms with E-state index in [1.165, 1.54) is 17.5 Å². The summed E-state index contributed by atoms with van der Waals surface area (Å²) in [6.07, 6.45) is 5.49. The number of carbonyl (C=O) groups is 1. The van der Waals surface area contributed by atoms with Crippen molar-refractivity contribution in [2.45, 2.75) is 33.6 Å². The number of hydrogen-bond acceptors (Lipinski definition) is 4. The minimum absolute atomic E-state index is 0.0276. The van der Waals surface area contributed by atoms with Crippen LogP contribution in [0, 0.1) is 19.8 Å². The quantitative estimate of drug-likeness (QED) is 0.935. The van der Waals surface area contributed by atoms with E-state index in [4.69, 9.17) is 0 Å². The lowest BCUT2D eigenvalue weighted by Gasteiger charge is -2.30. The van der Waals surface area contributed by atoms with Crippen LogP contribution in [0.2, 0.25) is 0 Å². The van der Waals surface area contributed by atoms with Gasteiger partial charge in [0.15, 0.2) is 0 Å². The molecule has 3 rings (SSSR count). The van der Waals surface area contributed by atoms with Crippen LogP contribution in [0.5, 0.6) is 0 Å². The van der Waals surface area contributed by atoms with Gasteiger partial charge in [-0.2, -0.15) is 0 Å². The molecule has 126 valence electrons. The van der Waals surface area contributed by atoms with Crippen molar-refractivity contribution in [3.8, 4) is 0 Å². The summed E-state index contributed by atoms with van der Waals surface area (Å²) in [5.74, 6) is 1.10. The SMILES string of the molecule is Cc1cccc(Nc2ncc(C(=O)N3CCCC(C)C3)cn2)c1C. The van der Waals surface area contributed by atoms with Crippen molar-refractivity contribution < 1.29 is 4.79 Å². The van der Waals surface area contributed by atoms with Gasteiger partial charge >= 0.3 is 0 Å². The lowest BCUT2D eigenvalue weighted by molar-refractivity contribution is 0.0682. The zero-order valence-corrected chi connectivity index (χ0v) is 14.5. The second-order valence-corrected chi connectivity index (χ2v) is 6.67. The zero-order valence-electron chi connectivity index (χ0n) is 14.5. The van der Waals surface area contributed by atoms with Gasteiger partial charge in [-0.1, -0.05) is 19.1 Å². The van der Waals surface area contributed by atoms with Crippen LogP contribution in [-0.4, -0.2) is 33.9 Å². The van der Waals surface area contributed by atoms with Gasteiger partial charge in [0, 0.05) is 31.2 Å². The number of carbonyl (C=O) groups excluding carboxylic acids is 1. The molecule has 1 aromatic carbocycles. The third kappa shape index (κ3) is 3.55. The summed E-state index contributed by atoms with van der Waals surface area (Å²) in [6, 6.07) is 6.07. The van der Waals surface area contributed by atoms with Crippen molar-refractivity contribution in [2.24, 2.45) is 5.92 Å². The summed E-state index contributed by atoms with van der Waals surface area (Å²) in [5.41, 5.74) is 3.92. The summed E-state index contributed by atoms with van der Waals surface area (Å²) in [5, 5.41) is 3.22. The van der Waals surface area contributed by atoms with Crippen LogP contribution in [0.15, 0.2) is 30.6 Å². The third-order valence-electron chi connectivity index (χ3n) is 4.69. The first-order chi connectivity index (χ1) is 11.5. The number of benzene rings is 1. The normalized spacial score (nSPS) is 17.6. The van der Waals surface area contributed by atoms with Gasteiger partial charge in [-0.05, 0) is 49.8 Å². The second kappa shape index (κ2) is 6.99. The molecule has 1 N–H and O–H groups in total. The topological polar surface area (TPSA) is 58.1 Å². The van der Waals surface area contributed by atoms with E-state index in [0.29, 0.717) is 17.4 Å². The number of aryl methyl sites for hydroxylation is 1. The van der Waals surface area contributed by atoms with E-state index in [1.54, 1.807) is 12.4 Å². The highest BCUT2D eigenvalue weighted by Gasteiger charge is 2.22. The summed E-state index contributed by atoms with van der Waals surface area (Å²) >= 11 is 0. The molecule has 0 saturated carbocycles. The maximum absolute atomic E-state index is 12.5. The summed E-state index contributed by atoms with van der Waals surface area (Å²) in [6.45, 7) is 7.97. The Hall–Kier alpha value is -2.43.